The zero-order chi connectivity index (χ0) is 26.0. The second-order valence-electron chi connectivity index (χ2n) is 8.29. The van der Waals surface area contributed by atoms with E-state index in [0.717, 1.165) is 45.4 Å². The van der Waals surface area contributed by atoms with Gasteiger partial charge in [0.05, 0.1) is 27.9 Å². The van der Waals surface area contributed by atoms with Crippen molar-refractivity contribution in [3.63, 3.8) is 0 Å². The van der Waals surface area contributed by atoms with Gasteiger partial charge in [-0.05, 0) is 41.8 Å². The van der Waals surface area contributed by atoms with Gasteiger partial charge in [-0.3, -0.25) is 0 Å². The molecule has 0 saturated carbocycles. The van der Waals surface area contributed by atoms with E-state index in [0.29, 0.717) is 25.0 Å². The van der Waals surface area contributed by atoms with Crippen molar-refractivity contribution in [2.24, 2.45) is 0 Å². The molecule has 9 heteroatoms. The minimum absolute atomic E-state index is 0.116. The van der Waals surface area contributed by atoms with Crippen LogP contribution in [0.2, 0.25) is 10.0 Å². The predicted molar refractivity (Wildman–Crippen MR) is 137 cm³/mol. The summed E-state index contributed by atoms with van der Waals surface area (Å²) in [4.78, 5) is 0. The summed E-state index contributed by atoms with van der Waals surface area (Å²) in [6, 6.07) is 13.6. The molecule has 36 heavy (non-hydrogen) atoms. The van der Waals surface area contributed by atoms with E-state index in [9.17, 15) is 18.3 Å². The molecule has 0 bridgehead atoms. The molecular weight excluding hydrogens is 512 g/mol. The van der Waals surface area contributed by atoms with Gasteiger partial charge in [0, 0.05) is 23.2 Å². The molecule has 0 unspecified atom stereocenters. The van der Waals surface area contributed by atoms with Crippen molar-refractivity contribution in [2.45, 2.75) is 39.3 Å². The summed E-state index contributed by atoms with van der Waals surface area (Å²) >= 11 is 12.7. The Morgan fingerprint density at radius 3 is 2.28 bits per heavy atom. The van der Waals surface area contributed by atoms with Crippen LogP contribution in [0.5, 0.6) is 5.75 Å². The summed E-state index contributed by atoms with van der Waals surface area (Å²) in [5.41, 5.74) is 2.78. The first kappa shape index (κ1) is 26.3. The van der Waals surface area contributed by atoms with E-state index >= 15 is 0 Å². The van der Waals surface area contributed by atoms with E-state index in [2.05, 4.69) is 0 Å². The maximum absolute atomic E-state index is 13.3. The Kier molecular flexibility index (Phi) is 7.83. The van der Waals surface area contributed by atoms with E-state index in [1.54, 1.807) is 4.68 Å². The number of hydrogen-bond acceptors (Lipinski definition) is 3. The zero-order valence-corrected chi connectivity index (χ0v) is 21.3. The van der Waals surface area contributed by atoms with Crippen molar-refractivity contribution in [1.82, 2.24) is 9.78 Å². The number of rotatable bonds is 8. The van der Waals surface area contributed by atoms with Gasteiger partial charge < -0.3 is 9.84 Å². The largest absolute Gasteiger partial charge is 0.491 e. The average molecular weight is 537 g/mol. The van der Waals surface area contributed by atoms with Gasteiger partial charge in [-0.25, -0.2) is 4.68 Å². The highest BCUT2D eigenvalue weighted by atomic mass is 35.5. The van der Waals surface area contributed by atoms with E-state index in [-0.39, 0.29) is 28.9 Å². The van der Waals surface area contributed by atoms with E-state index in [1.165, 1.54) is 0 Å². The molecule has 0 fully saturated rings. The number of aryl methyl sites for hydroxylation is 1. The molecule has 3 aromatic carbocycles. The van der Waals surface area contributed by atoms with Crippen molar-refractivity contribution in [1.29, 1.82) is 0 Å². The number of aliphatic hydroxyl groups excluding tert-OH is 1. The lowest BCUT2D eigenvalue weighted by atomic mass is 9.95. The van der Waals surface area contributed by atoms with Crippen LogP contribution in [-0.2, 0) is 25.4 Å². The normalized spacial score (nSPS) is 11.9. The molecule has 0 spiro atoms. The highest BCUT2D eigenvalue weighted by molar-refractivity contribution is 6.37. The van der Waals surface area contributed by atoms with Gasteiger partial charge >= 0.3 is 6.18 Å². The summed E-state index contributed by atoms with van der Waals surface area (Å²) in [6.45, 7) is 3.96. The number of alkyl halides is 3. The third-order valence-corrected chi connectivity index (χ3v) is 6.68. The summed E-state index contributed by atoms with van der Waals surface area (Å²) < 4.78 is 47.3. The van der Waals surface area contributed by atoms with Crippen molar-refractivity contribution in [3.8, 4) is 11.4 Å². The third-order valence-electron chi connectivity index (χ3n) is 6.10. The standard InChI is InChI=1S/C27H25Cl2F3N2O2/c1-3-23-20(15-19-18-8-6-5-7-16(18)9-10-25(19)36-12-11-35)24(4-2)34(33-23)26-21(28)13-17(14-22(26)29)27(30,31)32/h5-10,13-14,35H,3-4,11-12,15H2,1-2H3. The molecule has 0 atom stereocenters. The molecule has 1 aromatic heterocycles. The van der Waals surface area contributed by atoms with Crippen LogP contribution in [0.15, 0.2) is 48.5 Å². The molecule has 4 aromatic rings. The first-order valence-corrected chi connectivity index (χ1v) is 12.4. The maximum atomic E-state index is 13.3. The molecule has 0 aliphatic carbocycles. The number of ether oxygens (including phenoxy) is 1. The van der Waals surface area contributed by atoms with Crippen molar-refractivity contribution >= 4 is 34.0 Å². The number of aromatic nitrogens is 2. The molecule has 4 rings (SSSR count). The van der Waals surface area contributed by atoms with Gasteiger partial charge in [-0.2, -0.15) is 18.3 Å². The topological polar surface area (TPSA) is 47.3 Å². The molecular formula is C27H25Cl2F3N2O2. The molecule has 0 amide bonds. The highest BCUT2D eigenvalue weighted by Gasteiger charge is 2.33. The van der Waals surface area contributed by atoms with Crippen LogP contribution in [0.4, 0.5) is 13.2 Å². The first-order valence-electron chi connectivity index (χ1n) is 11.6. The van der Waals surface area contributed by atoms with Crippen molar-refractivity contribution in [3.05, 3.63) is 86.7 Å². The lowest BCUT2D eigenvalue weighted by Crippen LogP contribution is -2.09. The second-order valence-corrected chi connectivity index (χ2v) is 9.10. The Morgan fingerprint density at radius 2 is 1.67 bits per heavy atom. The molecule has 0 aliphatic rings. The smallest absolute Gasteiger partial charge is 0.416 e. The molecule has 1 heterocycles. The number of halogens is 5. The van der Waals surface area contributed by atoms with Gasteiger partial charge in [0.15, 0.2) is 0 Å². The van der Waals surface area contributed by atoms with Crippen LogP contribution >= 0.6 is 23.2 Å². The number of benzene rings is 3. The Labute approximate surface area is 217 Å². The molecule has 4 nitrogen and oxygen atoms in total. The highest BCUT2D eigenvalue weighted by Crippen LogP contribution is 2.39. The molecule has 1 N–H and O–H groups in total. The minimum atomic E-state index is -4.57. The summed E-state index contributed by atoms with van der Waals surface area (Å²) in [5.74, 6) is 0.658. The Bertz CT molecular complexity index is 1380. The minimum Gasteiger partial charge on any atom is -0.491 e. The average Bonchev–Trinajstić information content (AvgIpc) is 3.19. The van der Waals surface area contributed by atoms with Crippen molar-refractivity contribution < 1.29 is 23.0 Å². The number of nitrogens with zero attached hydrogens (tertiary/aromatic N) is 2. The quantitative estimate of drug-likeness (QED) is 0.254. The molecule has 190 valence electrons. The molecule has 0 saturated heterocycles. The van der Waals surface area contributed by atoms with Crippen molar-refractivity contribution in [2.75, 3.05) is 13.2 Å². The third kappa shape index (κ3) is 5.05. The lowest BCUT2D eigenvalue weighted by molar-refractivity contribution is -0.137. The van der Waals surface area contributed by atoms with Crippen LogP contribution in [-0.4, -0.2) is 28.1 Å². The van der Waals surface area contributed by atoms with Crippen LogP contribution in [0.25, 0.3) is 16.5 Å². The fourth-order valence-electron chi connectivity index (χ4n) is 4.47. The Morgan fingerprint density at radius 1 is 0.972 bits per heavy atom. The fourth-order valence-corrected chi connectivity index (χ4v) is 5.12. The van der Waals surface area contributed by atoms with Crippen LogP contribution in [0.1, 0.15) is 41.9 Å². The SMILES string of the molecule is CCc1nn(-c2c(Cl)cc(C(F)(F)F)cc2Cl)c(CC)c1Cc1c(OCCO)ccc2ccccc12. The lowest BCUT2D eigenvalue weighted by Gasteiger charge is -2.16. The molecule has 0 radical (unpaired) electrons. The summed E-state index contributed by atoms with van der Waals surface area (Å²) in [5, 5.41) is 15.8. The summed E-state index contributed by atoms with van der Waals surface area (Å²) in [7, 11) is 0. The Hall–Kier alpha value is -2.74. The Balaban J connectivity index is 1.89. The monoisotopic (exact) mass is 536 g/mol. The zero-order valence-electron chi connectivity index (χ0n) is 19.8. The van der Waals surface area contributed by atoms with Gasteiger partial charge in [0.2, 0.25) is 0 Å². The van der Waals surface area contributed by atoms with E-state index in [1.807, 2.05) is 50.2 Å². The maximum Gasteiger partial charge on any atom is 0.416 e. The van der Waals surface area contributed by atoms with Crippen LogP contribution in [0, 0.1) is 0 Å². The second kappa shape index (κ2) is 10.7. The summed E-state index contributed by atoms with van der Waals surface area (Å²) in [6.07, 6.45) is -2.94. The molecule has 0 aliphatic heterocycles. The van der Waals surface area contributed by atoms with Gasteiger partial charge in [-0.1, -0.05) is 67.4 Å². The number of hydrogen-bond donors (Lipinski definition) is 1. The number of aliphatic hydroxyl groups is 1. The fraction of sp³-hybridized carbons (Fsp3) is 0.296. The van der Waals surface area contributed by atoms with E-state index < -0.39 is 11.7 Å². The van der Waals surface area contributed by atoms with Crippen LogP contribution in [0.3, 0.4) is 0 Å². The van der Waals surface area contributed by atoms with Crippen LogP contribution < -0.4 is 4.74 Å². The van der Waals surface area contributed by atoms with Gasteiger partial charge in [-0.15, -0.1) is 0 Å². The number of fused-ring (bicyclic) bond motifs is 1. The van der Waals surface area contributed by atoms with E-state index in [4.69, 9.17) is 33.0 Å². The van der Waals surface area contributed by atoms with Gasteiger partial charge in [0.25, 0.3) is 0 Å². The predicted octanol–water partition coefficient (Wildman–Crippen LogP) is 7.44. The van der Waals surface area contributed by atoms with Gasteiger partial charge in [0.1, 0.15) is 18.0 Å². The first-order chi connectivity index (χ1) is 17.2.